The van der Waals surface area contributed by atoms with Crippen LogP contribution in [0.5, 0.6) is 5.75 Å². The smallest absolute Gasteiger partial charge is 0.338 e. The molecule has 0 fully saturated rings. The zero-order valence-electron chi connectivity index (χ0n) is 8.08. The number of benzene rings is 1. The van der Waals surface area contributed by atoms with Crippen molar-refractivity contribution < 1.29 is 14.3 Å². The summed E-state index contributed by atoms with van der Waals surface area (Å²) in [6.07, 6.45) is 0.929. The van der Waals surface area contributed by atoms with Crippen LogP contribution in [0.25, 0.3) is 0 Å². The molecule has 1 aromatic carbocycles. The summed E-state index contributed by atoms with van der Waals surface area (Å²) in [6, 6.07) is 5.46. The molecular formula is C11H12O3. The number of ether oxygens (including phenoxy) is 2. The second kappa shape index (κ2) is 3.70. The van der Waals surface area contributed by atoms with Gasteiger partial charge in [-0.3, -0.25) is 0 Å². The van der Waals surface area contributed by atoms with Gasteiger partial charge in [0.15, 0.2) is 0 Å². The van der Waals surface area contributed by atoms with Crippen LogP contribution < -0.4 is 4.74 Å². The summed E-state index contributed by atoms with van der Waals surface area (Å²) in [5.41, 5.74) is 1.73. The van der Waals surface area contributed by atoms with Gasteiger partial charge in [-0.1, -0.05) is 6.07 Å². The molecule has 3 nitrogen and oxygen atoms in total. The van der Waals surface area contributed by atoms with Gasteiger partial charge in [-0.2, -0.15) is 0 Å². The maximum absolute atomic E-state index is 11.4. The molecule has 0 N–H and O–H groups in total. The van der Waals surface area contributed by atoms with Crippen LogP contribution >= 0.6 is 0 Å². The molecule has 1 aromatic rings. The van der Waals surface area contributed by atoms with Gasteiger partial charge in [0, 0.05) is 6.42 Å². The molecule has 0 radical (unpaired) electrons. The van der Waals surface area contributed by atoms with E-state index in [1.165, 1.54) is 0 Å². The first-order chi connectivity index (χ1) is 6.81. The van der Waals surface area contributed by atoms with Gasteiger partial charge in [-0.05, 0) is 24.6 Å². The zero-order chi connectivity index (χ0) is 9.97. The minimum Gasteiger partial charge on any atom is -0.493 e. The summed E-state index contributed by atoms with van der Waals surface area (Å²) in [5, 5.41) is 0. The lowest BCUT2D eigenvalue weighted by Crippen LogP contribution is -2.04. The van der Waals surface area contributed by atoms with Crippen molar-refractivity contribution in [3.05, 3.63) is 29.3 Å². The number of hydrogen-bond acceptors (Lipinski definition) is 3. The molecule has 2 rings (SSSR count). The van der Waals surface area contributed by atoms with Gasteiger partial charge in [0.25, 0.3) is 0 Å². The Kier molecular flexibility index (Phi) is 2.39. The van der Waals surface area contributed by atoms with E-state index in [4.69, 9.17) is 9.47 Å². The standard InChI is InChI=1S/C11H12O3/c1-2-13-11(12)9-4-3-8-5-6-14-10(8)7-9/h3-4,7H,2,5-6H2,1H3. The van der Waals surface area contributed by atoms with E-state index < -0.39 is 0 Å². The van der Waals surface area contributed by atoms with Crippen molar-refractivity contribution in [3.8, 4) is 5.75 Å². The Labute approximate surface area is 82.6 Å². The van der Waals surface area contributed by atoms with Crippen LogP contribution in [0.15, 0.2) is 18.2 Å². The van der Waals surface area contributed by atoms with Crippen LogP contribution in [0.1, 0.15) is 22.8 Å². The van der Waals surface area contributed by atoms with E-state index in [1.807, 2.05) is 6.07 Å². The van der Waals surface area contributed by atoms with Gasteiger partial charge >= 0.3 is 5.97 Å². The Hall–Kier alpha value is -1.51. The monoisotopic (exact) mass is 192 g/mol. The molecule has 0 aromatic heterocycles. The number of esters is 1. The van der Waals surface area contributed by atoms with Crippen molar-refractivity contribution in [2.75, 3.05) is 13.2 Å². The second-order valence-corrected chi connectivity index (χ2v) is 3.14. The van der Waals surface area contributed by atoms with E-state index in [-0.39, 0.29) is 5.97 Å². The van der Waals surface area contributed by atoms with Crippen molar-refractivity contribution in [1.29, 1.82) is 0 Å². The van der Waals surface area contributed by atoms with Gasteiger partial charge in [0.1, 0.15) is 5.75 Å². The maximum Gasteiger partial charge on any atom is 0.338 e. The summed E-state index contributed by atoms with van der Waals surface area (Å²) in [4.78, 5) is 11.4. The van der Waals surface area contributed by atoms with Crippen LogP contribution in [0, 0.1) is 0 Å². The highest BCUT2D eigenvalue weighted by atomic mass is 16.5. The minimum absolute atomic E-state index is 0.286. The molecule has 0 bridgehead atoms. The number of rotatable bonds is 2. The Bertz CT molecular complexity index is 358. The molecule has 1 heterocycles. The van der Waals surface area contributed by atoms with Crippen molar-refractivity contribution in [3.63, 3.8) is 0 Å². The third-order valence-electron chi connectivity index (χ3n) is 2.21. The Morgan fingerprint density at radius 3 is 3.21 bits per heavy atom. The lowest BCUT2D eigenvalue weighted by Gasteiger charge is -2.03. The topological polar surface area (TPSA) is 35.5 Å². The van der Waals surface area contributed by atoms with Crippen LogP contribution in [0.3, 0.4) is 0 Å². The lowest BCUT2D eigenvalue weighted by molar-refractivity contribution is 0.0526. The lowest BCUT2D eigenvalue weighted by atomic mass is 10.1. The molecule has 0 unspecified atom stereocenters. The Morgan fingerprint density at radius 2 is 2.43 bits per heavy atom. The molecule has 0 aliphatic carbocycles. The van der Waals surface area contributed by atoms with E-state index in [1.54, 1.807) is 19.1 Å². The molecule has 1 aliphatic heterocycles. The van der Waals surface area contributed by atoms with E-state index >= 15 is 0 Å². The summed E-state index contributed by atoms with van der Waals surface area (Å²) in [7, 11) is 0. The molecule has 1 aliphatic rings. The van der Waals surface area contributed by atoms with Crippen molar-refractivity contribution in [2.24, 2.45) is 0 Å². The molecule has 3 heteroatoms. The predicted octanol–water partition coefficient (Wildman–Crippen LogP) is 1.80. The van der Waals surface area contributed by atoms with Crippen LogP contribution in [0.2, 0.25) is 0 Å². The summed E-state index contributed by atoms with van der Waals surface area (Å²) in [5.74, 6) is 0.529. The number of fused-ring (bicyclic) bond motifs is 1. The van der Waals surface area contributed by atoms with Gasteiger partial charge in [0.05, 0.1) is 18.8 Å². The third kappa shape index (κ3) is 1.58. The highest BCUT2D eigenvalue weighted by Crippen LogP contribution is 2.26. The van der Waals surface area contributed by atoms with Gasteiger partial charge in [-0.25, -0.2) is 4.79 Å². The van der Waals surface area contributed by atoms with E-state index in [9.17, 15) is 4.79 Å². The van der Waals surface area contributed by atoms with E-state index in [0.29, 0.717) is 18.8 Å². The Morgan fingerprint density at radius 1 is 1.57 bits per heavy atom. The average Bonchev–Trinajstić information content (AvgIpc) is 2.64. The highest BCUT2D eigenvalue weighted by molar-refractivity contribution is 5.90. The summed E-state index contributed by atoms with van der Waals surface area (Å²) < 4.78 is 10.3. The fourth-order valence-electron chi connectivity index (χ4n) is 1.51. The highest BCUT2D eigenvalue weighted by Gasteiger charge is 2.15. The molecule has 0 saturated heterocycles. The van der Waals surface area contributed by atoms with Gasteiger partial charge in [-0.15, -0.1) is 0 Å². The molecule has 0 spiro atoms. The maximum atomic E-state index is 11.4. The minimum atomic E-state index is -0.286. The fraction of sp³-hybridized carbons (Fsp3) is 0.364. The van der Waals surface area contributed by atoms with Crippen LogP contribution in [0.4, 0.5) is 0 Å². The molecule has 0 saturated carbocycles. The van der Waals surface area contributed by atoms with Crippen molar-refractivity contribution >= 4 is 5.97 Å². The van der Waals surface area contributed by atoms with Crippen molar-refractivity contribution in [2.45, 2.75) is 13.3 Å². The number of carbonyl (C=O) groups is 1. The molecule has 14 heavy (non-hydrogen) atoms. The first kappa shape index (κ1) is 9.06. The van der Waals surface area contributed by atoms with Crippen LogP contribution in [-0.2, 0) is 11.2 Å². The van der Waals surface area contributed by atoms with E-state index in [0.717, 1.165) is 17.7 Å². The SMILES string of the molecule is CCOC(=O)c1ccc2c(c1)OCC2. The second-order valence-electron chi connectivity index (χ2n) is 3.14. The Balaban J connectivity index is 2.24. The van der Waals surface area contributed by atoms with E-state index in [2.05, 4.69) is 0 Å². The average molecular weight is 192 g/mol. The predicted molar refractivity (Wildman–Crippen MR) is 51.6 cm³/mol. The quantitative estimate of drug-likeness (QED) is 0.670. The van der Waals surface area contributed by atoms with Crippen LogP contribution in [-0.4, -0.2) is 19.2 Å². The molecule has 74 valence electrons. The number of hydrogen-bond donors (Lipinski definition) is 0. The largest absolute Gasteiger partial charge is 0.493 e. The molecule has 0 atom stereocenters. The summed E-state index contributed by atoms with van der Waals surface area (Å²) >= 11 is 0. The summed E-state index contributed by atoms with van der Waals surface area (Å²) in [6.45, 7) is 2.90. The first-order valence-electron chi connectivity index (χ1n) is 4.74. The number of carbonyl (C=O) groups excluding carboxylic acids is 1. The third-order valence-corrected chi connectivity index (χ3v) is 2.21. The van der Waals surface area contributed by atoms with Crippen molar-refractivity contribution in [1.82, 2.24) is 0 Å². The molecular weight excluding hydrogens is 180 g/mol. The fourth-order valence-corrected chi connectivity index (χ4v) is 1.51. The zero-order valence-corrected chi connectivity index (χ0v) is 8.08. The normalized spacial score (nSPS) is 13.2. The first-order valence-corrected chi connectivity index (χ1v) is 4.74. The van der Waals surface area contributed by atoms with Gasteiger partial charge < -0.3 is 9.47 Å². The molecule has 0 amide bonds. The van der Waals surface area contributed by atoms with Gasteiger partial charge in [0.2, 0.25) is 0 Å².